The van der Waals surface area contributed by atoms with E-state index in [0.29, 0.717) is 0 Å². The summed E-state index contributed by atoms with van der Waals surface area (Å²) in [6, 6.07) is 74.6. The van der Waals surface area contributed by atoms with Gasteiger partial charge in [0.1, 0.15) is 0 Å². The van der Waals surface area contributed by atoms with Gasteiger partial charge in [0.05, 0.1) is 11.1 Å². The van der Waals surface area contributed by atoms with Crippen LogP contribution in [0.5, 0.6) is 0 Å². The molecule has 0 radical (unpaired) electrons. The molecule has 3 aliphatic carbocycles. The standard InChI is InChI=1S/C63H47N/c1-5-18-57-47(6-2)51-35-31-42(39-59(51)63(57,43-19-9-7-10-20-43)44-21-11-8-12-22-44)41-29-32-45(33-30-41)64(46-34-36-52-50-25-15-16-28-56(50)62(3,4)58(52)40-46)60-38-37-54-49-24-14-13-23-48(49)53-26-17-27-55(60)61(53)54/h5-40H,2H2,1,3-4H3/b18-5-. The Labute approximate surface area is 376 Å². The largest absolute Gasteiger partial charge is 0.310 e. The lowest BCUT2D eigenvalue weighted by molar-refractivity contribution is 0.660. The van der Waals surface area contributed by atoms with E-state index in [4.69, 9.17) is 0 Å². The van der Waals surface area contributed by atoms with Gasteiger partial charge in [-0.1, -0.05) is 202 Å². The zero-order valence-electron chi connectivity index (χ0n) is 36.4. The third-order valence-electron chi connectivity index (χ3n) is 14.4. The first-order valence-electron chi connectivity index (χ1n) is 22.5. The Morgan fingerprint density at radius 3 is 1.70 bits per heavy atom. The van der Waals surface area contributed by atoms with Gasteiger partial charge in [-0.25, -0.2) is 0 Å². The van der Waals surface area contributed by atoms with Crippen LogP contribution in [-0.2, 0) is 10.8 Å². The molecule has 9 aromatic carbocycles. The Balaban J connectivity index is 1.03. The van der Waals surface area contributed by atoms with Gasteiger partial charge in [-0.15, -0.1) is 0 Å². The zero-order valence-corrected chi connectivity index (χ0v) is 36.4. The molecule has 12 rings (SSSR count). The second-order valence-corrected chi connectivity index (χ2v) is 18.0. The van der Waals surface area contributed by atoms with Crippen LogP contribution >= 0.6 is 0 Å². The Kier molecular flexibility index (Phi) is 8.55. The van der Waals surface area contributed by atoms with E-state index in [1.165, 1.54) is 105 Å². The molecule has 0 bridgehead atoms. The highest BCUT2D eigenvalue weighted by molar-refractivity contribution is 6.19. The molecule has 0 fully saturated rings. The lowest BCUT2D eigenvalue weighted by atomic mass is 9.66. The summed E-state index contributed by atoms with van der Waals surface area (Å²) in [5.41, 5.74) is 23.1. The molecule has 1 heteroatoms. The van der Waals surface area contributed by atoms with Gasteiger partial charge in [0.15, 0.2) is 0 Å². The van der Waals surface area contributed by atoms with Gasteiger partial charge < -0.3 is 4.90 Å². The molecule has 0 atom stereocenters. The van der Waals surface area contributed by atoms with Crippen molar-refractivity contribution in [3.63, 3.8) is 0 Å². The molecular weight excluding hydrogens is 771 g/mol. The molecule has 64 heavy (non-hydrogen) atoms. The van der Waals surface area contributed by atoms with Crippen LogP contribution in [0.4, 0.5) is 17.1 Å². The highest BCUT2D eigenvalue weighted by Crippen LogP contribution is 2.57. The van der Waals surface area contributed by atoms with Gasteiger partial charge in [-0.05, 0) is 138 Å². The van der Waals surface area contributed by atoms with Crippen molar-refractivity contribution in [2.24, 2.45) is 0 Å². The fraction of sp³-hybridized carbons (Fsp3) is 0.0794. The van der Waals surface area contributed by atoms with Gasteiger partial charge in [-0.2, -0.15) is 0 Å². The lowest BCUT2D eigenvalue weighted by Gasteiger charge is -2.35. The topological polar surface area (TPSA) is 3.24 Å². The van der Waals surface area contributed by atoms with E-state index >= 15 is 0 Å². The van der Waals surface area contributed by atoms with Crippen molar-refractivity contribution in [3.8, 4) is 44.5 Å². The van der Waals surface area contributed by atoms with Gasteiger partial charge >= 0.3 is 0 Å². The third kappa shape index (κ3) is 5.31. The van der Waals surface area contributed by atoms with Crippen LogP contribution in [0.25, 0.3) is 60.9 Å². The maximum atomic E-state index is 4.37. The summed E-state index contributed by atoms with van der Waals surface area (Å²) in [6.07, 6.45) is 6.50. The van der Waals surface area contributed by atoms with Crippen LogP contribution in [0, 0.1) is 0 Å². The Morgan fingerprint density at radius 1 is 0.453 bits per heavy atom. The van der Waals surface area contributed by atoms with Gasteiger partial charge in [0, 0.05) is 22.2 Å². The third-order valence-corrected chi connectivity index (χ3v) is 14.4. The summed E-state index contributed by atoms with van der Waals surface area (Å²) in [7, 11) is 0. The number of allylic oxidation sites excluding steroid dienone is 5. The van der Waals surface area contributed by atoms with Crippen LogP contribution in [0.15, 0.2) is 231 Å². The minimum absolute atomic E-state index is 0.128. The van der Waals surface area contributed by atoms with E-state index < -0.39 is 5.41 Å². The molecule has 0 unspecified atom stereocenters. The molecule has 0 aromatic heterocycles. The first-order valence-corrected chi connectivity index (χ1v) is 22.5. The summed E-state index contributed by atoms with van der Waals surface area (Å²) in [4.78, 5) is 2.48. The lowest BCUT2D eigenvalue weighted by Crippen LogP contribution is -2.29. The Hall–Kier alpha value is -7.74. The number of benzene rings is 9. The molecule has 0 saturated carbocycles. The molecule has 3 aliphatic rings. The first-order chi connectivity index (χ1) is 31.4. The minimum atomic E-state index is -0.517. The van der Waals surface area contributed by atoms with Crippen molar-refractivity contribution < 1.29 is 0 Å². The maximum absolute atomic E-state index is 4.37. The van der Waals surface area contributed by atoms with Crippen molar-refractivity contribution in [1.29, 1.82) is 0 Å². The highest BCUT2D eigenvalue weighted by atomic mass is 15.1. The Morgan fingerprint density at radius 2 is 1.02 bits per heavy atom. The number of hydrogen-bond donors (Lipinski definition) is 0. The SMILES string of the molecule is C=CC1=C(/C=C\C)C(c2ccccc2)(c2ccccc2)c2cc(-c3ccc(N(c4ccc5c(c4)C(C)(C)c4ccccc4-5)c4ccc5c6c(cccc46)-c4ccccc4-5)cc3)ccc21. The first kappa shape index (κ1) is 38.0. The number of rotatable bonds is 8. The van der Waals surface area contributed by atoms with Gasteiger partial charge in [0.25, 0.3) is 0 Å². The average Bonchev–Trinajstić information content (AvgIpc) is 3.91. The molecule has 0 amide bonds. The van der Waals surface area contributed by atoms with Crippen molar-refractivity contribution in [2.75, 3.05) is 4.90 Å². The molecule has 9 aromatic rings. The second-order valence-electron chi connectivity index (χ2n) is 18.0. The van der Waals surface area contributed by atoms with Crippen molar-refractivity contribution in [2.45, 2.75) is 31.6 Å². The molecular formula is C63H47N. The fourth-order valence-electron chi connectivity index (χ4n) is 11.6. The maximum Gasteiger partial charge on any atom is 0.0713 e. The van der Waals surface area contributed by atoms with Crippen LogP contribution in [0.1, 0.15) is 54.2 Å². The van der Waals surface area contributed by atoms with E-state index in [1.807, 2.05) is 6.08 Å². The predicted octanol–water partition coefficient (Wildman–Crippen LogP) is 16.8. The molecule has 0 aliphatic heterocycles. The summed E-state index contributed by atoms with van der Waals surface area (Å²) >= 11 is 0. The second kappa shape index (κ2) is 14.4. The fourth-order valence-corrected chi connectivity index (χ4v) is 11.6. The minimum Gasteiger partial charge on any atom is -0.310 e. The molecule has 0 spiro atoms. The van der Waals surface area contributed by atoms with E-state index in [-0.39, 0.29) is 5.41 Å². The summed E-state index contributed by atoms with van der Waals surface area (Å²) in [5.74, 6) is 0. The van der Waals surface area contributed by atoms with E-state index in [1.54, 1.807) is 0 Å². The quantitative estimate of drug-likeness (QED) is 0.148. The number of nitrogens with zero attached hydrogens (tertiary/aromatic N) is 1. The normalized spacial score (nSPS) is 14.7. The van der Waals surface area contributed by atoms with Crippen molar-refractivity contribution >= 4 is 33.4 Å². The van der Waals surface area contributed by atoms with Crippen LogP contribution in [-0.4, -0.2) is 0 Å². The number of anilines is 3. The van der Waals surface area contributed by atoms with Crippen molar-refractivity contribution in [3.05, 3.63) is 264 Å². The van der Waals surface area contributed by atoms with E-state index in [9.17, 15) is 0 Å². The molecule has 0 N–H and O–H groups in total. The van der Waals surface area contributed by atoms with E-state index in [0.717, 1.165) is 11.4 Å². The van der Waals surface area contributed by atoms with E-state index in [2.05, 4.69) is 245 Å². The number of fused-ring (bicyclic) bond motifs is 7. The molecule has 1 nitrogen and oxygen atoms in total. The van der Waals surface area contributed by atoms with Crippen LogP contribution in [0.3, 0.4) is 0 Å². The summed E-state index contributed by atoms with van der Waals surface area (Å²) < 4.78 is 0. The summed E-state index contributed by atoms with van der Waals surface area (Å²) in [5, 5.41) is 2.57. The molecule has 0 saturated heterocycles. The molecule has 0 heterocycles. The van der Waals surface area contributed by atoms with Crippen molar-refractivity contribution in [1.82, 2.24) is 0 Å². The monoisotopic (exact) mass is 817 g/mol. The predicted molar refractivity (Wildman–Crippen MR) is 271 cm³/mol. The highest BCUT2D eigenvalue weighted by Gasteiger charge is 2.46. The number of hydrogen-bond acceptors (Lipinski definition) is 1. The van der Waals surface area contributed by atoms with Gasteiger partial charge in [0.2, 0.25) is 0 Å². The average molecular weight is 818 g/mol. The zero-order chi connectivity index (χ0) is 43.2. The molecule has 304 valence electrons. The van der Waals surface area contributed by atoms with Crippen LogP contribution < -0.4 is 4.90 Å². The Bertz CT molecular complexity index is 3350. The smallest absolute Gasteiger partial charge is 0.0713 e. The van der Waals surface area contributed by atoms with Crippen LogP contribution in [0.2, 0.25) is 0 Å². The van der Waals surface area contributed by atoms with Gasteiger partial charge in [-0.3, -0.25) is 0 Å². The summed E-state index contributed by atoms with van der Waals surface area (Å²) in [6.45, 7) is 11.2.